The maximum absolute atomic E-state index is 4.86. The molecule has 0 spiro atoms. The molecule has 1 saturated carbocycles. The lowest BCUT2D eigenvalue weighted by Crippen LogP contribution is -2.15. The van der Waals surface area contributed by atoms with Crippen LogP contribution < -0.4 is 0 Å². The molecule has 1 aliphatic rings. The van der Waals surface area contributed by atoms with E-state index in [4.69, 9.17) is 15.0 Å². The van der Waals surface area contributed by atoms with E-state index in [-0.39, 0.29) is 0 Å². The first-order chi connectivity index (χ1) is 12.3. The van der Waals surface area contributed by atoms with Gasteiger partial charge in [0.25, 0.3) is 0 Å². The van der Waals surface area contributed by atoms with E-state index in [1.165, 1.54) is 25.7 Å². The van der Waals surface area contributed by atoms with E-state index >= 15 is 0 Å². The summed E-state index contributed by atoms with van der Waals surface area (Å²) in [7, 11) is 0. The van der Waals surface area contributed by atoms with Crippen molar-refractivity contribution in [3.8, 4) is 22.8 Å². The number of hydrogen-bond acceptors (Lipinski definition) is 3. The number of hydrogen-bond donors (Lipinski definition) is 0. The van der Waals surface area contributed by atoms with Crippen LogP contribution in [0.2, 0.25) is 0 Å². The number of nitrogens with zero attached hydrogens (tertiary/aromatic N) is 3. The SMILES string of the molecule is CC1CCC(c2nc(-c3ccccc3)nc(-c3ccccc3)n2)CC1. The van der Waals surface area contributed by atoms with Crippen LogP contribution in [0.25, 0.3) is 22.8 Å². The van der Waals surface area contributed by atoms with Gasteiger partial charge in [0.2, 0.25) is 0 Å². The lowest BCUT2D eigenvalue weighted by atomic mass is 9.82. The monoisotopic (exact) mass is 329 g/mol. The Morgan fingerprint density at radius 3 is 1.60 bits per heavy atom. The summed E-state index contributed by atoms with van der Waals surface area (Å²) in [5.74, 6) is 3.79. The van der Waals surface area contributed by atoms with Gasteiger partial charge >= 0.3 is 0 Å². The zero-order chi connectivity index (χ0) is 17.1. The second-order valence-electron chi connectivity index (χ2n) is 7.03. The van der Waals surface area contributed by atoms with Crippen molar-refractivity contribution in [2.75, 3.05) is 0 Å². The Morgan fingerprint density at radius 1 is 0.640 bits per heavy atom. The molecule has 1 heterocycles. The Balaban J connectivity index is 1.78. The Bertz CT molecular complexity index is 765. The second-order valence-corrected chi connectivity index (χ2v) is 7.03. The van der Waals surface area contributed by atoms with Crippen molar-refractivity contribution in [3.05, 3.63) is 66.5 Å². The Labute approximate surface area is 149 Å². The van der Waals surface area contributed by atoms with Gasteiger partial charge in [0.15, 0.2) is 11.6 Å². The molecule has 0 amide bonds. The molecule has 0 aliphatic heterocycles. The molecule has 1 aliphatic carbocycles. The molecule has 2 aromatic carbocycles. The second kappa shape index (κ2) is 7.14. The predicted molar refractivity (Wildman–Crippen MR) is 101 cm³/mol. The minimum atomic E-state index is 0.448. The van der Waals surface area contributed by atoms with Gasteiger partial charge in [-0.05, 0) is 18.8 Å². The number of aromatic nitrogens is 3. The third kappa shape index (κ3) is 3.60. The fourth-order valence-electron chi connectivity index (χ4n) is 3.53. The van der Waals surface area contributed by atoms with E-state index in [0.717, 1.165) is 34.5 Å². The van der Waals surface area contributed by atoms with Gasteiger partial charge in [0.1, 0.15) is 5.82 Å². The summed E-state index contributed by atoms with van der Waals surface area (Å²) < 4.78 is 0. The lowest BCUT2D eigenvalue weighted by Gasteiger charge is -2.25. The van der Waals surface area contributed by atoms with E-state index in [1.807, 2.05) is 36.4 Å². The highest BCUT2D eigenvalue weighted by Gasteiger charge is 2.23. The van der Waals surface area contributed by atoms with Crippen molar-refractivity contribution < 1.29 is 0 Å². The van der Waals surface area contributed by atoms with Gasteiger partial charge in [-0.15, -0.1) is 0 Å². The molecular weight excluding hydrogens is 306 g/mol. The summed E-state index contributed by atoms with van der Waals surface area (Å²) in [4.78, 5) is 14.5. The zero-order valence-corrected chi connectivity index (χ0v) is 14.6. The summed E-state index contributed by atoms with van der Waals surface area (Å²) in [6, 6.07) is 20.4. The van der Waals surface area contributed by atoms with Crippen LogP contribution in [0.1, 0.15) is 44.3 Å². The highest BCUT2D eigenvalue weighted by atomic mass is 15.0. The van der Waals surface area contributed by atoms with Crippen molar-refractivity contribution >= 4 is 0 Å². The van der Waals surface area contributed by atoms with Crippen molar-refractivity contribution in [1.82, 2.24) is 15.0 Å². The molecule has 3 heteroatoms. The molecule has 1 fully saturated rings. The predicted octanol–water partition coefficient (Wildman–Crippen LogP) is 5.50. The Morgan fingerprint density at radius 2 is 1.12 bits per heavy atom. The highest BCUT2D eigenvalue weighted by Crippen LogP contribution is 2.35. The molecule has 3 nitrogen and oxygen atoms in total. The normalized spacial score (nSPS) is 20.4. The van der Waals surface area contributed by atoms with Crippen LogP contribution in [0.15, 0.2) is 60.7 Å². The van der Waals surface area contributed by atoms with Crippen LogP contribution in [0.4, 0.5) is 0 Å². The fourth-order valence-corrected chi connectivity index (χ4v) is 3.53. The first kappa shape index (κ1) is 15.9. The van der Waals surface area contributed by atoms with Gasteiger partial charge in [-0.25, -0.2) is 15.0 Å². The largest absolute Gasteiger partial charge is 0.213 e. The highest BCUT2D eigenvalue weighted by molar-refractivity contribution is 5.60. The van der Waals surface area contributed by atoms with Crippen molar-refractivity contribution in [2.45, 2.75) is 38.5 Å². The summed E-state index contributed by atoms with van der Waals surface area (Å²) in [5, 5.41) is 0. The zero-order valence-electron chi connectivity index (χ0n) is 14.6. The fraction of sp³-hybridized carbons (Fsp3) is 0.318. The maximum atomic E-state index is 4.86. The first-order valence-corrected chi connectivity index (χ1v) is 9.16. The molecular formula is C22H23N3. The maximum Gasteiger partial charge on any atom is 0.163 e. The Kier molecular flexibility index (Phi) is 4.55. The van der Waals surface area contributed by atoms with E-state index in [0.29, 0.717) is 5.92 Å². The molecule has 0 atom stereocenters. The summed E-state index contributed by atoms with van der Waals surface area (Å²) in [6.07, 6.45) is 4.87. The van der Waals surface area contributed by atoms with Crippen LogP contribution in [0.5, 0.6) is 0 Å². The van der Waals surface area contributed by atoms with Crippen LogP contribution >= 0.6 is 0 Å². The van der Waals surface area contributed by atoms with Gasteiger partial charge in [-0.2, -0.15) is 0 Å². The lowest BCUT2D eigenvalue weighted by molar-refractivity contribution is 0.339. The summed E-state index contributed by atoms with van der Waals surface area (Å²) >= 11 is 0. The average molecular weight is 329 g/mol. The van der Waals surface area contributed by atoms with Crippen LogP contribution in [0.3, 0.4) is 0 Å². The van der Waals surface area contributed by atoms with E-state index < -0.39 is 0 Å². The molecule has 4 rings (SSSR count). The van der Waals surface area contributed by atoms with E-state index in [2.05, 4.69) is 31.2 Å². The molecule has 0 saturated heterocycles. The summed E-state index contributed by atoms with van der Waals surface area (Å²) in [6.45, 7) is 2.34. The third-order valence-electron chi connectivity index (χ3n) is 5.10. The van der Waals surface area contributed by atoms with Crippen molar-refractivity contribution in [2.24, 2.45) is 5.92 Å². The molecule has 0 bridgehead atoms. The minimum absolute atomic E-state index is 0.448. The molecule has 126 valence electrons. The van der Waals surface area contributed by atoms with Crippen molar-refractivity contribution in [1.29, 1.82) is 0 Å². The minimum Gasteiger partial charge on any atom is -0.213 e. The summed E-state index contributed by atoms with van der Waals surface area (Å²) in [5.41, 5.74) is 2.10. The standard InChI is InChI=1S/C22H23N3/c1-16-12-14-19(15-13-16)22-24-20(17-8-4-2-5-9-17)23-21(25-22)18-10-6-3-7-11-18/h2-11,16,19H,12-15H2,1H3. The molecule has 25 heavy (non-hydrogen) atoms. The first-order valence-electron chi connectivity index (χ1n) is 9.16. The third-order valence-corrected chi connectivity index (χ3v) is 5.10. The van der Waals surface area contributed by atoms with Crippen LogP contribution in [0, 0.1) is 5.92 Å². The number of benzene rings is 2. The van der Waals surface area contributed by atoms with Gasteiger partial charge in [-0.3, -0.25) is 0 Å². The molecule has 0 N–H and O–H groups in total. The van der Waals surface area contributed by atoms with Crippen molar-refractivity contribution in [3.63, 3.8) is 0 Å². The number of rotatable bonds is 3. The van der Waals surface area contributed by atoms with E-state index in [1.54, 1.807) is 0 Å². The molecule has 1 aromatic heterocycles. The molecule has 0 unspecified atom stereocenters. The van der Waals surface area contributed by atoms with Crippen LogP contribution in [-0.2, 0) is 0 Å². The smallest absolute Gasteiger partial charge is 0.163 e. The molecule has 3 aromatic rings. The molecule has 0 radical (unpaired) electrons. The van der Waals surface area contributed by atoms with E-state index in [9.17, 15) is 0 Å². The van der Waals surface area contributed by atoms with Gasteiger partial charge < -0.3 is 0 Å². The van der Waals surface area contributed by atoms with Gasteiger partial charge in [0, 0.05) is 17.0 Å². The Hall–Kier alpha value is -2.55. The quantitative estimate of drug-likeness (QED) is 0.637. The topological polar surface area (TPSA) is 38.7 Å². The average Bonchev–Trinajstić information content (AvgIpc) is 2.69. The van der Waals surface area contributed by atoms with Gasteiger partial charge in [0.05, 0.1) is 0 Å². The van der Waals surface area contributed by atoms with Gasteiger partial charge in [-0.1, -0.05) is 80.4 Å². The van der Waals surface area contributed by atoms with Crippen LogP contribution in [-0.4, -0.2) is 15.0 Å².